The molecule has 5 rings (SSSR count). The van der Waals surface area contributed by atoms with Crippen molar-refractivity contribution < 1.29 is 4.79 Å². The third-order valence-corrected chi connectivity index (χ3v) is 7.21. The van der Waals surface area contributed by atoms with Crippen LogP contribution in [-0.4, -0.2) is 48.6 Å². The van der Waals surface area contributed by atoms with Crippen LogP contribution in [-0.2, 0) is 6.42 Å². The number of nitrogen functional groups attached to an aromatic ring is 1. The van der Waals surface area contributed by atoms with Gasteiger partial charge in [-0.2, -0.15) is 0 Å². The van der Waals surface area contributed by atoms with Crippen LogP contribution >= 0.6 is 11.3 Å². The Hall–Kier alpha value is -3.49. The number of rotatable bonds is 6. The summed E-state index contributed by atoms with van der Waals surface area (Å²) in [4.78, 5) is 25.7. The van der Waals surface area contributed by atoms with Crippen LogP contribution in [0.15, 0.2) is 54.7 Å². The summed E-state index contributed by atoms with van der Waals surface area (Å²) in [6.07, 6.45) is 2.55. The van der Waals surface area contributed by atoms with Gasteiger partial charge in [-0.3, -0.25) is 9.78 Å². The molecule has 0 saturated carbocycles. The number of amides is 1. The third kappa shape index (κ3) is 4.60. The largest absolute Gasteiger partial charge is 0.397 e. The highest BCUT2D eigenvalue weighted by Gasteiger charge is 2.18. The number of nitrogens with one attached hydrogen (secondary N) is 2. The minimum absolute atomic E-state index is 0.152. The molecule has 8 heteroatoms. The van der Waals surface area contributed by atoms with E-state index in [4.69, 9.17) is 5.73 Å². The van der Waals surface area contributed by atoms with E-state index in [9.17, 15) is 4.79 Å². The molecule has 0 aliphatic carbocycles. The topological polar surface area (TPSA) is 96.2 Å². The highest BCUT2D eigenvalue weighted by molar-refractivity contribution is 7.21. The molecule has 1 aliphatic heterocycles. The summed E-state index contributed by atoms with van der Waals surface area (Å²) in [5, 5.41) is 7.28. The Balaban J connectivity index is 1.32. The predicted octanol–water partition coefficient (Wildman–Crippen LogP) is 3.63. The molecule has 1 amide bonds. The highest BCUT2D eigenvalue weighted by atomic mass is 32.1. The molecule has 0 bridgehead atoms. The molecule has 0 radical (unpaired) electrons. The lowest BCUT2D eigenvalue weighted by Crippen LogP contribution is -2.43. The number of pyridine rings is 2. The minimum atomic E-state index is -0.152. The van der Waals surface area contributed by atoms with E-state index in [2.05, 4.69) is 43.7 Å². The molecule has 1 aromatic carbocycles. The van der Waals surface area contributed by atoms with Crippen LogP contribution in [0.1, 0.15) is 20.9 Å². The molecule has 0 spiro atoms. The number of hydrogen-bond donors (Lipinski definition) is 3. The molecule has 4 aromatic rings. The van der Waals surface area contributed by atoms with Crippen LogP contribution in [0.5, 0.6) is 0 Å². The first kappa shape index (κ1) is 22.3. The van der Waals surface area contributed by atoms with Gasteiger partial charge in [0.05, 0.1) is 11.4 Å². The molecule has 1 saturated heterocycles. The van der Waals surface area contributed by atoms with E-state index in [1.807, 2.05) is 43.5 Å². The number of nitrogens with zero attached hydrogens (tertiary/aromatic N) is 3. The molecule has 1 fully saturated rings. The maximum absolute atomic E-state index is 12.8. The average Bonchev–Trinajstić information content (AvgIpc) is 3.20. The summed E-state index contributed by atoms with van der Waals surface area (Å²) in [5.74, 6) is -0.152. The second-order valence-electron chi connectivity index (χ2n) is 8.46. The fourth-order valence-electron chi connectivity index (χ4n) is 4.31. The maximum atomic E-state index is 12.8. The molecule has 7 nitrogen and oxygen atoms in total. The molecular weight excluding hydrogens is 444 g/mol. The Morgan fingerprint density at radius 2 is 2.03 bits per heavy atom. The Bertz CT molecular complexity index is 1310. The average molecular weight is 473 g/mol. The smallest absolute Gasteiger partial charge is 0.263 e. The molecule has 0 unspecified atom stereocenters. The number of benzene rings is 1. The van der Waals surface area contributed by atoms with Crippen molar-refractivity contribution in [1.29, 1.82) is 0 Å². The third-order valence-electron chi connectivity index (χ3n) is 6.10. The molecule has 3 aromatic heterocycles. The SMILES string of the molecule is Cc1ccc2c(N)c(C(=O)NCCc3ccc(N4CCNCC4)c(-c4ccccn4)c3)sc2n1. The summed E-state index contributed by atoms with van der Waals surface area (Å²) < 4.78 is 0. The molecule has 34 heavy (non-hydrogen) atoms. The van der Waals surface area contributed by atoms with Gasteiger partial charge in [-0.05, 0) is 55.3 Å². The fraction of sp³-hybridized carbons (Fsp3) is 0.269. The second-order valence-corrected chi connectivity index (χ2v) is 9.46. The number of carbonyl (C=O) groups excluding carboxylic acids is 1. The zero-order valence-corrected chi connectivity index (χ0v) is 20.0. The summed E-state index contributed by atoms with van der Waals surface area (Å²) >= 11 is 1.34. The quantitative estimate of drug-likeness (QED) is 0.397. The lowest BCUT2D eigenvalue weighted by Gasteiger charge is -2.31. The molecule has 4 heterocycles. The van der Waals surface area contributed by atoms with Gasteiger partial charge in [-0.1, -0.05) is 12.1 Å². The lowest BCUT2D eigenvalue weighted by molar-refractivity contribution is 0.0959. The molecule has 4 N–H and O–H groups in total. The number of piperazine rings is 1. The number of aryl methyl sites for hydroxylation is 1. The molecule has 1 aliphatic rings. The Kier molecular flexibility index (Phi) is 6.42. The van der Waals surface area contributed by atoms with Crippen LogP contribution < -0.4 is 21.3 Å². The van der Waals surface area contributed by atoms with E-state index >= 15 is 0 Å². The number of aromatic nitrogens is 2. The molecular formula is C26H28N6OS. The summed E-state index contributed by atoms with van der Waals surface area (Å²) in [5.41, 5.74) is 12.1. The zero-order valence-electron chi connectivity index (χ0n) is 19.2. The van der Waals surface area contributed by atoms with Crippen LogP contribution in [0.4, 0.5) is 11.4 Å². The van der Waals surface area contributed by atoms with Gasteiger partial charge in [-0.15, -0.1) is 11.3 Å². The van der Waals surface area contributed by atoms with Crippen molar-refractivity contribution in [3.8, 4) is 11.3 Å². The van der Waals surface area contributed by atoms with Crippen LogP contribution in [0, 0.1) is 6.92 Å². The van der Waals surface area contributed by atoms with E-state index in [0.29, 0.717) is 17.1 Å². The predicted molar refractivity (Wildman–Crippen MR) is 140 cm³/mol. The lowest BCUT2D eigenvalue weighted by atomic mass is 10.0. The number of thiophene rings is 1. The first-order valence-corrected chi connectivity index (χ1v) is 12.4. The number of carbonyl (C=O) groups is 1. The number of anilines is 2. The fourth-order valence-corrected chi connectivity index (χ4v) is 5.36. The Labute approximate surface area is 203 Å². The van der Waals surface area contributed by atoms with Gasteiger partial charge in [0.15, 0.2) is 0 Å². The van der Waals surface area contributed by atoms with Crippen LogP contribution in [0.3, 0.4) is 0 Å². The number of fused-ring (bicyclic) bond motifs is 1. The summed E-state index contributed by atoms with van der Waals surface area (Å²) in [7, 11) is 0. The maximum Gasteiger partial charge on any atom is 0.263 e. The van der Waals surface area contributed by atoms with Gasteiger partial charge in [0, 0.05) is 61.3 Å². The Morgan fingerprint density at radius 3 is 2.82 bits per heavy atom. The van der Waals surface area contributed by atoms with Gasteiger partial charge >= 0.3 is 0 Å². The highest BCUT2D eigenvalue weighted by Crippen LogP contribution is 2.33. The normalized spacial score (nSPS) is 13.9. The van der Waals surface area contributed by atoms with Crippen LogP contribution in [0.25, 0.3) is 21.5 Å². The zero-order chi connectivity index (χ0) is 23.5. The van der Waals surface area contributed by atoms with E-state index in [1.165, 1.54) is 17.0 Å². The monoisotopic (exact) mass is 472 g/mol. The molecule has 0 atom stereocenters. The van der Waals surface area contributed by atoms with Crippen LogP contribution in [0.2, 0.25) is 0 Å². The van der Waals surface area contributed by atoms with Crippen molar-refractivity contribution in [3.05, 3.63) is 70.9 Å². The van der Waals surface area contributed by atoms with E-state index in [-0.39, 0.29) is 5.91 Å². The summed E-state index contributed by atoms with van der Waals surface area (Å²) in [6.45, 7) is 6.35. The first-order valence-electron chi connectivity index (χ1n) is 11.5. The number of nitrogens with two attached hydrogens (primary N) is 1. The van der Waals surface area contributed by atoms with E-state index in [1.54, 1.807) is 0 Å². The standard InChI is InChI=1S/C26H28N6OS/c1-17-5-7-19-23(27)24(34-26(19)31-17)25(33)30-11-9-18-6-8-22(32-14-12-28-13-15-32)20(16-18)21-4-2-3-10-29-21/h2-8,10,16,28H,9,11-15,27H2,1H3,(H,30,33). The second kappa shape index (κ2) is 9.79. The van der Waals surface area contributed by atoms with Gasteiger partial charge < -0.3 is 21.3 Å². The van der Waals surface area contributed by atoms with Gasteiger partial charge in [0.25, 0.3) is 5.91 Å². The minimum Gasteiger partial charge on any atom is -0.397 e. The van der Waals surface area contributed by atoms with Crippen molar-refractivity contribution in [2.45, 2.75) is 13.3 Å². The Morgan fingerprint density at radius 1 is 1.18 bits per heavy atom. The van der Waals surface area contributed by atoms with Gasteiger partial charge in [-0.25, -0.2) is 4.98 Å². The van der Waals surface area contributed by atoms with Crippen molar-refractivity contribution >= 4 is 38.8 Å². The van der Waals surface area contributed by atoms with Crippen molar-refractivity contribution in [3.63, 3.8) is 0 Å². The summed E-state index contributed by atoms with van der Waals surface area (Å²) in [6, 6.07) is 16.4. The first-order chi connectivity index (χ1) is 16.6. The van der Waals surface area contributed by atoms with Gasteiger partial charge in [0.2, 0.25) is 0 Å². The van der Waals surface area contributed by atoms with Crippen molar-refractivity contribution in [2.75, 3.05) is 43.4 Å². The van der Waals surface area contributed by atoms with Crippen molar-refractivity contribution in [1.82, 2.24) is 20.6 Å². The van der Waals surface area contributed by atoms with E-state index < -0.39 is 0 Å². The van der Waals surface area contributed by atoms with Crippen molar-refractivity contribution in [2.24, 2.45) is 0 Å². The molecule has 174 valence electrons. The van der Waals surface area contributed by atoms with E-state index in [0.717, 1.165) is 65.3 Å². The van der Waals surface area contributed by atoms with Gasteiger partial charge in [0.1, 0.15) is 9.71 Å². The number of hydrogen-bond acceptors (Lipinski definition) is 7.